The molecule has 0 radical (unpaired) electrons. The molecule has 1 fully saturated rings. The highest BCUT2D eigenvalue weighted by molar-refractivity contribution is 5.98. The van der Waals surface area contributed by atoms with E-state index in [1.807, 2.05) is 51.1 Å². The molecule has 0 unspecified atom stereocenters. The number of morpholine rings is 1. The third-order valence-corrected chi connectivity index (χ3v) is 4.57. The van der Waals surface area contributed by atoms with Crippen LogP contribution in [0.5, 0.6) is 0 Å². The summed E-state index contributed by atoms with van der Waals surface area (Å²) in [6, 6.07) is 9.92. The Labute approximate surface area is 147 Å². The van der Waals surface area contributed by atoms with Gasteiger partial charge in [0.1, 0.15) is 0 Å². The van der Waals surface area contributed by atoms with Gasteiger partial charge in [0, 0.05) is 17.9 Å². The quantitative estimate of drug-likeness (QED) is 0.923. The molecule has 6 nitrogen and oxygen atoms in total. The van der Waals surface area contributed by atoms with E-state index >= 15 is 0 Å². The first-order valence-corrected chi connectivity index (χ1v) is 8.34. The number of aryl methyl sites for hydroxylation is 3. The maximum absolute atomic E-state index is 13.2. The monoisotopic (exact) mass is 341 g/mol. The Balaban J connectivity index is 2.00. The fourth-order valence-electron chi connectivity index (χ4n) is 3.24. The Hall–Kier alpha value is -2.60. The number of benzene rings is 1. The van der Waals surface area contributed by atoms with Gasteiger partial charge in [-0.15, -0.1) is 0 Å². The minimum Gasteiger partial charge on any atom is -0.367 e. The Bertz CT molecular complexity index is 806. The van der Waals surface area contributed by atoms with Gasteiger partial charge in [-0.3, -0.25) is 9.59 Å². The molecule has 2 N–H and O–H groups in total. The summed E-state index contributed by atoms with van der Waals surface area (Å²) in [4.78, 5) is 26.2. The highest BCUT2D eigenvalue weighted by Crippen LogP contribution is 2.23. The molecule has 1 aromatic heterocycles. The molecule has 2 aromatic rings. The Kier molecular flexibility index (Phi) is 4.63. The fourth-order valence-corrected chi connectivity index (χ4v) is 3.24. The topological polar surface area (TPSA) is 77.6 Å². The third-order valence-electron chi connectivity index (χ3n) is 4.57. The first-order chi connectivity index (χ1) is 11.9. The van der Waals surface area contributed by atoms with E-state index in [1.54, 1.807) is 4.90 Å². The molecular formula is C19H23N3O3. The van der Waals surface area contributed by atoms with Crippen LogP contribution in [0.2, 0.25) is 0 Å². The second-order valence-corrected chi connectivity index (χ2v) is 6.49. The summed E-state index contributed by atoms with van der Waals surface area (Å²) in [5.74, 6) is -0.653. The Morgan fingerprint density at radius 2 is 1.80 bits per heavy atom. The average molecular weight is 341 g/mol. The van der Waals surface area contributed by atoms with Crippen LogP contribution in [0, 0.1) is 20.8 Å². The molecule has 2 amide bonds. The summed E-state index contributed by atoms with van der Waals surface area (Å²) >= 11 is 0. The first kappa shape index (κ1) is 17.2. The zero-order valence-corrected chi connectivity index (χ0v) is 14.8. The van der Waals surface area contributed by atoms with Gasteiger partial charge in [-0.2, -0.15) is 0 Å². The molecule has 1 aromatic carbocycles. The lowest BCUT2D eigenvalue weighted by Gasteiger charge is -2.32. The zero-order valence-electron chi connectivity index (χ0n) is 14.8. The highest BCUT2D eigenvalue weighted by atomic mass is 16.5. The number of nitrogens with zero attached hydrogens (tertiary/aromatic N) is 2. The second-order valence-electron chi connectivity index (χ2n) is 6.49. The SMILES string of the molecule is Cc1ccc(-n2c(C)ccc2C)c(C(=O)N2CCO[C@@H](C(N)=O)C2)c1. The number of amides is 2. The smallest absolute Gasteiger partial charge is 0.256 e. The van der Waals surface area contributed by atoms with E-state index in [0.717, 1.165) is 22.6 Å². The predicted molar refractivity (Wildman–Crippen MR) is 94.8 cm³/mol. The maximum Gasteiger partial charge on any atom is 0.256 e. The lowest BCUT2D eigenvalue weighted by Crippen LogP contribution is -2.50. The normalized spacial score (nSPS) is 17.6. The van der Waals surface area contributed by atoms with Crippen molar-refractivity contribution in [3.8, 4) is 5.69 Å². The molecule has 2 heterocycles. The van der Waals surface area contributed by atoms with E-state index in [-0.39, 0.29) is 12.5 Å². The maximum atomic E-state index is 13.2. The summed E-state index contributed by atoms with van der Waals surface area (Å²) in [6.45, 7) is 6.92. The number of primary amides is 1. The molecule has 6 heteroatoms. The number of ether oxygens (including phenoxy) is 1. The largest absolute Gasteiger partial charge is 0.367 e. The third kappa shape index (κ3) is 3.30. The number of aromatic nitrogens is 1. The molecular weight excluding hydrogens is 318 g/mol. The van der Waals surface area contributed by atoms with Crippen LogP contribution >= 0.6 is 0 Å². The van der Waals surface area contributed by atoms with Gasteiger partial charge in [-0.05, 0) is 45.0 Å². The summed E-state index contributed by atoms with van der Waals surface area (Å²) in [7, 11) is 0. The minimum absolute atomic E-state index is 0.110. The van der Waals surface area contributed by atoms with Crippen LogP contribution in [-0.4, -0.2) is 47.1 Å². The van der Waals surface area contributed by atoms with Crippen LogP contribution in [0.3, 0.4) is 0 Å². The van der Waals surface area contributed by atoms with Crippen molar-refractivity contribution < 1.29 is 14.3 Å². The van der Waals surface area contributed by atoms with Crippen molar-refractivity contribution in [1.82, 2.24) is 9.47 Å². The molecule has 1 aliphatic heterocycles. The molecule has 1 aliphatic rings. The molecule has 25 heavy (non-hydrogen) atoms. The van der Waals surface area contributed by atoms with Gasteiger partial charge in [0.05, 0.1) is 24.4 Å². The number of carbonyl (C=O) groups is 2. The van der Waals surface area contributed by atoms with Gasteiger partial charge in [0.2, 0.25) is 5.91 Å². The van der Waals surface area contributed by atoms with Gasteiger partial charge in [0.25, 0.3) is 5.91 Å². The molecule has 0 aliphatic carbocycles. The van der Waals surface area contributed by atoms with Crippen LogP contribution in [0.1, 0.15) is 27.3 Å². The van der Waals surface area contributed by atoms with E-state index in [9.17, 15) is 9.59 Å². The number of hydrogen-bond acceptors (Lipinski definition) is 3. The van der Waals surface area contributed by atoms with Crippen molar-refractivity contribution in [2.24, 2.45) is 5.73 Å². The van der Waals surface area contributed by atoms with Crippen molar-refractivity contribution in [1.29, 1.82) is 0 Å². The molecule has 132 valence electrons. The lowest BCUT2D eigenvalue weighted by molar-refractivity contribution is -0.133. The summed E-state index contributed by atoms with van der Waals surface area (Å²) < 4.78 is 7.41. The number of hydrogen-bond donors (Lipinski definition) is 1. The standard InChI is InChI=1S/C19H23N3O3/c1-12-4-7-16(22-13(2)5-6-14(22)3)15(10-12)19(24)21-8-9-25-17(11-21)18(20)23/h4-7,10,17H,8-9,11H2,1-3H3,(H2,20,23)/t17-/m1/s1. The molecule has 0 saturated carbocycles. The highest BCUT2D eigenvalue weighted by Gasteiger charge is 2.29. The summed E-state index contributed by atoms with van der Waals surface area (Å²) in [6.07, 6.45) is -0.749. The number of rotatable bonds is 3. The lowest BCUT2D eigenvalue weighted by atomic mass is 10.1. The van der Waals surface area contributed by atoms with Crippen molar-refractivity contribution in [3.05, 3.63) is 52.8 Å². The van der Waals surface area contributed by atoms with Crippen LogP contribution < -0.4 is 5.73 Å². The van der Waals surface area contributed by atoms with Crippen LogP contribution in [0.15, 0.2) is 30.3 Å². The first-order valence-electron chi connectivity index (χ1n) is 8.34. The van der Waals surface area contributed by atoms with Crippen molar-refractivity contribution in [2.45, 2.75) is 26.9 Å². The molecule has 1 saturated heterocycles. The van der Waals surface area contributed by atoms with Gasteiger partial charge >= 0.3 is 0 Å². The van der Waals surface area contributed by atoms with Gasteiger partial charge in [-0.1, -0.05) is 11.6 Å². The van der Waals surface area contributed by atoms with E-state index in [4.69, 9.17) is 10.5 Å². The fraction of sp³-hybridized carbons (Fsp3) is 0.368. The zero-order chi connectivity index (χ0) is 18.1. The Morgan fingerprint density at radius 3 is 2.44 bits per heavy atom. The van der Waals surface area contributed by atoms with E-state index in [0.29, 0.717) is 18.7 Å². The van der Waals surface area contributed by atoms with E-state index in [1.165, 1.54) is 0 Å². The summed E-state index contributed by atoms with van der Waals surface area (Å²) in [5, 5.41) is 0. The average Bonchev–Trinajstić information content (AvgIpc) is 2.93. The van der Waals surface area contributed by atoms with Crippen LogP contribution in [0.4, 0.5) is 0 Å². The molecule has 0 spiro atoms. The van der Waals surface area contributed by atoms with Gasteiger partial charge < -0.3 is 19.9 Å². The van der Waals surface area contributed by atoms with Gasteiger partial charge in [0.15, 0.2) is 6.10 Å². The van der Waals surface area contributed by atoms with E-state index < -0.39 is 12.0 Å². The van der Waals surface area contributed by atoms with Gasteiger partial charge in [-0.25, -0.2) is 0 Å². The van der Waals surface area contributed by atoms with Crippen LogP contribution in [0.25, 0.3) is 5.69 Å². The van der Waals surface area contributed by atoms with Crippen molar-refractivity contribution >= 4 is 11.8 Å². The second kappa shape index (κ2) is 6.72. The predicted octanol–water partition coefficient (Wildman–Crippen LogP) is 1.73. The number of nitrogens with two attached hydrogens (primary N) is 1. The molecule has 3 rings (SSSR count). The number of carbonyl (C=O) groups excluding carboxylic acids is 2. The molecule has 0 bridgehead atoms. The Morgan fingerprint density at radius 1 is 1.12 bits per heavy atom. The van der Waals surface area contributed by atoms with Crippen molar-refractivity contribution in [3.63, 3.8) is 0 Å². The minimum atomic E-state index is -0.749. The van der Waals surface area contributed by atoms with E-state index in [2.05, 4.69) is 4.57 Å². The summed E-state index contributed by atoms with van der Waals surface area (Å²) in [5.41, 5.74) is 9.93. The van der Waals surface area contributed by atoms with Crippen molar-refractivity contribution in [2.75, 3.05) is 19.7 Å². The van der Waals surface area contributed by atoms with Crippen LogP contribution in [-0.2, 0) is 9.53 Å². The molecule has 1 atom stereocenters.